The summed E-state index contributed by atoms with van der Waals surface area (Å²) in [5.74, 6) is -1.12. The SMILES string of the molecule is CCOC(=O)c1cccc(NC(=O)CNC(=O)c2cccs2)c1. The molecule has 0 unspecified atom stereocenters. The minimum Gasteiger partial charge on any atom is -0.462 e. The number of nitrogens with one attached hydrogen (secondary N) is 2. The van der Waals surface area contributed by atoms with Gasteiger partial charge in [0.2, 0.25) is 5.91 Å². The first-order valence-corrected chi connectivity index (χ1v) is 7.87. The van der Waals surface area contributed by atoms with E-state index in [0.29, 0.717) is 16.1 Å². The Kier molecular flexibility index (Phi) is 5.87. The van der Waals surface area contributed by atoms with Gasteiger partial charge in [-0.05, 0) is 36.6 Å². The van der Waals surface area contributed by atoms with Crippen LogP contribution in [-0.2, 0) is 9.53 Å². The van der Waals surface area contributed by atoms with E-state index in [1.165, 1.54) is 17.4 Å². The van der Waals surface area contributed by atoms with Crippen LogP contribution in [0.25, 0.3) is 0 Å². The molecule has 2 N–H and O–H groups in total. The van der Waals surface area contributed by atoms with Gasteiger partial charge >= 0.3 is 5.97 Å². The summed E-state index contributed by atoms with van der Waals surface area (Å²) in [4.78, 5) is 35.8. The van der Waals surface area contributed by atoms with Crippen molar-refractivity contribution in [3.63, 3.8) is 0 Å². The first-order valence-electron chi connectivity index (χ1n) is 6.99. The number of carbonyl (C=O) groups excluding carboxylic acids is 3. The molecule has 0 fully saturated rings. The first-order chi connectivity index (χ1) is 11.1. The molecular formula is C16H16N2O4S. The molecule has 0 spiro atoms. The summed E-state index contributed by atoms with van der Waals surface area (Å²) in [7, 11) is 0. The van der Waals surface area contributed by atoms with Crippen molar-refractivity contribution < 1.29 is 19.1 Å². The normalized spacial score (nSPS) is 9.96. The average molecular weight is 332 g/mol. The number of hydrogen-bond acceptors (Lipinski definition) is 5. The molecule has 0 aliphatic carbocycles. The monoisotopic (exact) mass is 332 g/mol. The largest absolute Gasteiger partial charge is 0.462 e. The van der Waals surface area contributed by atoms with Crippen LogP contribution in [0.1, 0.15) is 27.0 Å². The lowest BCUT2D eigenvalue weighted by Gasteiger charge is -2.08. The number of hydrogen-bond donors (Lipinski definition) is 2. The fourth-order valence-corrected chi connectivity index (χ4v) is 2.44. The van der Waals surface area contributed by atoms with Crippen LogP contribution < -0.4 is 10.6 Å². The summed E-state index contributed by atoms with van der Waals surface area (Å²) in [6.07, 6.45) is 0. The van der Waals surface area contributed by atoms with Crippen LogP contribution in [0.3, 0.4) is 0 Å². The number of thiophene rings is 1. The van der Waals surface area contributed by atoms with Crippen molar-refractivity contribution in [3.05, 3.63) is 52.2 Å². The van der Waals surface area contributed by atoms with Crippen LogP contribution in [-0.4, -0.2) is 30.9 Å². The van der Waals surface area contributed by atoms with E-state index in [9.17, 15) is 14.4 Å². The second-order valence-corrected chi connectivity index (χ2v) is 5.46. The Hall–Kier alpha value is -2.67. The summed E-state index contributed by atoms with van der Waals surface area (Å²) >= 11 is 1.30. The molecule has 0 saturated carbocycles. The van der Waals surface area contributed by atoms with Gasteiger partial charge in [0.1, 0.15) is 0 Å². The molecular weight excluding hydrogens is 316 g/mol. The molecule has 0 aliphatic heterocycles. The number of anilines is 1. The molecule has 2 aromatic rings. The van der Waals surface area contributed by atoms with Crippen molar-refractivity contribution in [2.45, 2.75) is 6.92 Å². The van der Waals surface area contributed by atoms with Crippen molar-refractivity contribution in [1.82, 2.24) is 5.32 Å². The Morgan fingerprint density at radius 2 is 2.00 bits per heavy atom. The maximum Gasteiger partial charge on any atom is 0.338 e. The Morgan fingerprint density at radius 3 is 2.70 bits per heavy atom. The van der Waals surface area contributed by atoms with Gasteiger partial charge in [0.15, 0.2) is 0 Å². The molecule has 0 saturated heterocycles. The van der Waals surface area contributed by atoms with Gasteiger partial charge in [0, 0.05) is 5.69 Å². The van der Waals surface area contributed by atoms with E-state index >= 15 is 0 Å². The average Bonchev–Trinajstić information content (AvgIpc) is 3.07. The van der Waals surface area contributed by atoms with Crippen molar-refractivity contribution in [2.75, 3.05) is 18.5 Å². The highest BCUT2D eigenvalue weighted by Crippen LogP contribution is 2.12. The van der Waals surface area contributed by atoms with Crippen LogP contribution >= 0.6 is 11.3 Å². The van der Waals surface area contributed by atoms with Crippen molar-refractivity contribution in [3.8, 4) is 0 Å². The van der Waals surface area contributed by atoms with Crippen molar-refractivity contribution >= 4 is 34.8 Å². The number of esters is 1. The minimum absolute atomic E-state index is 0.152. The molecule has 7 heteroatoms. The van der Waals surface area contributed by atoms with E-state index in [1.54, 1.807) is 42.6 Å². The summed E-state index contributed by atoms with van der Waals surface area (Å²) in [5, 5.41) is 6.94. The van der Waals surface area contributed by atoms with Gasteiger partial charge < -0.3 is 15.4 Å². The summed E-state index contributed by atoms with van der Waals surface area (Å²) in [6, 6.07) is 9.87. The summed E-state index contributed by atoms with van der Waals surface area (Å²) < 4.78 is 4.90. The Morgan fingerprint density at radius 1 is 1.17 bits per heavy atom. The zero-order chi connectivity index (χ0) is 16.7. The van der Waals surface area contributed by atoms with Crippen LogP contribution in [0.4, 0.5) is 5.69 Å². The van der Waals surface area contributed by atoms with E-state index in [2.05, 4.69) is 10.6 Å². The second-order valence-electron chi connectivity index (χ2n) is 4.51. The Balaban J connectivity index is 1.89. The first kappa shape index (κ1) is 16.7. The molecule has 2 amide bonds. The molecule has 6 nitrogen and oxygen atoms in total. The van der Waals surface area contributed by atoms with Gasteiger partial charge in [0.25, 0.3) is 5.91 Å². The van der Waals surface area contributed by atoms with E-state index < -0.39 is 5.97 Å². The number of amides is 2. The van der Waals surface area contributed by atoms with Gasteiger partial charge in [-0.25, -0.2) is 4.79 Å². The molecule has 0 radical (unpaired) electrons. The quantitative estimate of drug-likeness (QED) is 0.795. The van der Waals surface area contributed by atoms with Gasteiger partial charge in [-0.1, -0.05) is 12.1 Å². The molecule has 23 heavy (non-hydrogen) atoms. The fraction of sp³-hybridized carbons (Fsp3) is 0.188. The lowest BCUT2D eigenvalue weighted by Crippen LogP contribution is -2.32. The maximum absolute atomic E-state index is 11.9. The number of carbonyl (C=O) groups is 3. The third kappa shape index (κ3) is 4.93. The van der Waals surface area contributed by atoms with Crippen LogP contribution in [0.15, 0.2) is 41.8 Å². The highest BCUT2D eigenvalue weighted by Gasteiger charge is 2.10. The predicted octanol–water partition coefficient (Wildman–Crippen LogP) is 2.29. The predicted molar refractivity (Wildman–Crippen MR) is 87.7 cm³/mol. The number of ether oxygens (including phenoxy) is 1. The molecule has 0 atom stereocenters. The molecule has 0 aliphatic rings. The second kappa shape index (κ2) is 8.09. The maximum atomic E-state index is 11.9. The summed E-state index contributed by atoms with van der Waals surface area (Å²) in [5.41, 5.74) is 0.818. The number of rotatable bonds is 6. The van der Waals surface area contributed by atoms with Gasteiger partial charge in [0.05, 0.1) is 23.6 Å². The molecule has 1 aromatic heterocycles. The molecule has 1 aromatic carbocycles. The standard InChI is InChI=1S/C16H16N2O4S/c1-2-22-16(21)11-5-3-6-12(9-11)18-14(19)10-17-15(20)13-7-4-8-23-13/h3-9H,2,10H2,1H3,(H,17,20)(H,18,19). The van der Waals surface area contributed by atoms with Gasteiger partial charge in [-0.3, -0.25) is 9.59 Å². The molecule has 0 bridgehead atoms. The fourth-order valence-electron chi connectivity index (χ4n) is 1.80. The smallest absolute Gasteiger partial charge is 0.338 e. The Bertz CT molecular complexity index is 698. The van der Waals surface area contributed by atoms with Crippen LogP contribution in [0, 0.1) is 0 Å². The van der Waals surface area contributed by atoms with Crippen molar-refractivity contribution in [2.24, 2.45) is 0 Å². The van der Waals surface area contributed by atoms with Crippen LogP contribution in [0.2, 0.25) is 0 Å². The molecule has 120 valence electrons. The summed E-state index contributed by atoms with van der Waals surface area (Å²) in [6.45, 7) is 1.85. The lowest BCUT2D eigenvalue weighted by molar-refractivity contribution is -0.115. The highest BCUT2D eigenvalue weighted by molar-refractivity contribution is 7.12. The minimum atomic E-state index is -0.449. The topological polar surface area (TPSA) is 84.5 Å². The lowest BCUT2D eigenvalue weighted by atomic mass is 10.2. The third-order valence-electron chi connectivity index (χ3n) is 2.81. The van der Waals surface area contributed by atoms with E-state index in [1.807, 2.05) is 0 Å². The molecule has 2 rings (SSSR count). The van der Waals surface area contributed by atoms with Crippen molar-refractivity contribution in [1.29, 1.82) is 0 Å². The zero-order valence-electron chi connectivity index (χ0n) is 12.5. The third-order valence-corrected chi connectivity index (χ3v) is 3.68. The van der Waals surface area contributed by atoms with E-state index in [4.69, 9.17) is 4.74 Å². The van der Waals surface area contributed by atoms with E-state index in [0.717, 1.165) is 0 Å². The van der Waals surface area contributed by atoms with Crippen LogP contribution in [0.5, 0.6) is 0 Å². The van der Waals surface area contributed by atoms with Gasteiger partial charge in [-0.15, -0.1) is 11.3 Å². The molecule has 1 heterocycles. The Labute approximate surface area is 137 Å². The zero-order valence-corrected chi connectivity index (χ0v) is 13.3. The van der Waals surface area contributed by atoms with Gasteiger partial charge in [-0.2, -0.15) is 0 Å². The highest BCUT2D eigenvalue weighted by atomic mass is 32.1. The van der Waals surface area contributed by atoms with E-state index in [-0.39, 0.29) is 25.0 Å². The number of benzene rings is 1.